The van der Waals surface area contributed by atoms with Gasteiger partial charge in [0.25, 0.3) is 5.92 Å². The first-order valence-electron chi connectivity index (χ1n) is 16.4. The molecular weight excluding hydrogens is 617 g/mol. The molecule has 0 amide bonds. The van der Waals surface area contributed by atoms with E-state index in [0.717, 1.165) is 31.7 Å². The zero-order valence-electron chi connectivity index (χ0n) is 25.6. The van der Waals surface area contributed by atoms with Crippen LogP contribution in [0.4, 0.5) is 27.8 Å². The first-order chi connectivity index (χ1) is 22.6. The molecule has 2 saturated carbocycles. The molecular formula is C35H34F5N5O2. The number of nitrogens with zero attached hydrogens (tertiary/aromatic N) is 4. The van der Waals surface area contributed by atoms with Crippen LogP contribution in [0, 0.1) is 34.7 Å². The number of benzene rings is 3. The molecule has 7 nitrogen and oxygen atoms in total. The van der Waals surface area contributed by atoms with Crippen molar-refractivity contribution in [1.82, 2.24) is 20.2 Å². The summed E-state index contributed by atoms with van der Waals surface area (Å²) in [5.74, 6) is -5.74. The predicted molar refractivity (Wildman–Crippen MR) is 166 cm³/mol. The summed E-state index contributed by atoms with van der Waals surface area (Å²) in [6.07, 6.45) is 3.81. The zero-order valence-corrected chi connectivity index (χ0v) is 25.6. The molecule has 4 unspecified atom stereocenters. The summed E-state index contributed by atoms with van der Waals surface area (Å²) < 4.78 is 80.4. The van der Waals surface area contributed by atoms with E-state index in [9.17, 15) is 18.3 Å². The van der Waals surface area contributed by atoms with Crippen LogP contribution in [0.5, 0.6) is 11.8 Å². The van der Waals surface area contributed by atoms with Crippen LogP contribution >= 0.6 is 0 Å². The van der Waals surface area contributed by atoms with E-state index in [0.29, 0.717) is 43.9 Å². The summed E-state index contributed by atoms with van der Waals surface area (Å²) in [4.78, 5) is 13.6. The molecule has 3 saturated heterocycles. The number of likely N-dealkylation sites (tertiary alicyclic amines) is 1. The molecule has 4 aromatic rings. The Bertz CT molecular complexity index is 1920. The van der Waals surface area contributed by atoms with Gasteiger partial charge in [0.15, 0.2) is 17.5 Å². The summed E-state index contributed by atoms with van der Waals surface area (Å²) in [5.41, 5.74) is -0.266. The van der Waals surface area contributed by atoms with E-state index in [1.54, 1.807) is 6.07 Å². The number of nitrogens with one attached hydrogen (secondary N) is 1. The Kier molecular flexibility index (Phi) is 6.48. The van der Waals surface area contributed by atoms with Gasteiger partial charge in [0, 0.05) is 78.9 Å². The molecule has 5 fully saturated rings. The van der Waals surface area contributed by atoms with Crippen molar-refractivity contribution in [2.45, 2.75) is 50.1 Å². The van der Waals surface area contributed by atoms with Gasteiger partial charge in [0.1, 0.15) is 17.1 Å². The molecule has 3 aromatic carbocycles. The predicted octanol–water partition coefficient (Wildman–Crippen LogP) is 6.26. The van der Waals surface area contributed by atoms with Crippen LogP contribution in [-0.2, 0) is 0 Å². The van der Waals surface area contributed by atoms with Crippen LogP contribution in [-0.4, -0.2) is 77.3 Å². The number of aromatic hydroxyl groups is 1. The Morgan fingerprint density at radius 1 is 0.915 bits per heavy atom. The van der Waals surface area contributed by atoms with E-state index in [-0.39, 0.29) is 75.6 Å². The maximum Gasteiger partial charge on any atom is 0.319 e. The summed E-state index contributed by atoms with van der Waals surface area (Å²) in [6.45, 7) is 3.35. The second kappa shape index (κ2) is 10.4. The minimum absolute atomic E-state index is 0.00124. The molecule has 2 bridgehead atoms. The number of rotatable bonds is 7. The highest BCUT2D eigenvalue weighted by atomic mass is 19.3. The number of aromatic nitrogens is 2. The largest absolute Gasteiger partial charge is 0.508 e. The van der Waals surface area contributed by atoms with Gasteiger partial charge in [-0.1, -0.05) is 12.1 Å². The molecule has 1 aromatic heterocycles. The van der Waals surface area contributed by atoms with E-state index in [1.807, 2.05) is 0 Å². The van der Waals surface area contributed by atoms with Gasteiger partial charge in [-0.3, -0.25) is 0 Å². The van der Waals surface area contributed by atoms with Crippen LogP contribution in [0.2, 0.25) is 0 Å². The van der Waals surface area contributed by atoms with Gasteiger partial charge in [-0.05, 0) is 66.8 Å². The van der Waals surface area contributed by atoms with Crippen molar-refractivity contribution in [3.8, 4) is 22.9 Å². The summed E-state index contributed by atoms with van der Waals surface area (Å²) >= 11 is 0. The molecule has 5 aliphatic rings. The van der Waals surface area contributed by atoms with Gasteiger partial charge in [0.2, 0.25) is 0 Å². The number of ether oxygens (including phenoxy) is 1. The monoisotopic (exact) mass is 651 g/mol. The molecule has 12 heteroatoms. The molecule has 2 aliphatic carbocycles. The van der Waals surface area contributed by atoms with Gasteiger partial charge in [-0.2, -0.15) is 9.97 Å². The normalized spacial score (nSPS) is 27.3. The molecule has 9 rings (SSSR count). The molecule has 3 aliphatic heterocycles. The number of hydrogen-bond donors (Lipinski definition) is 2. The number of fused-ring (bicyclic) bond motifs is 5. The lowest BCUT2D eigenvalue weighted by Crippen LogP contribution is -2.51. The fourth-order valence-electron chi connectivity index (χ4n) is 8.53. The second-order valence-electron chi connectivity index (χ2n) is 14.5. The lowest BCUT2D eigenvalue weighted by molar-refractivity contribution is -0.152. The number of phenols is 1. The third-order valence-corrected chi connectivity index (χ3v) is 11.2. The summed E-state index contributed by atoms with van der Waals surface area (Å²) in [5, 5.41) is 14.6. The Hall–Kier alpha value is -3.77. The third kappa shape index (κ3) is 4.89. The zero-order chi connectivity index (χ0) is 32.2. The first kappa shape index (κ1) is 29.4. The van der Waals surface area contributed by atoms with Gasteiger partial charge in [-0.25, -0.2) is 22.0 Å². The topological polar surface area (TPSA) is 73.8 Å². The van der Waals surface area contributed by atoms with E-state index in [1.165, 1.54) is 24.3 Å². The number of anilines is 1. The Morgan fingerprint density at radius 2 is 1.70 bits per heavy atom. The molecule has 2 N–H and O–H groups in total. The number of phenolic OH excluding ortho intramolecular Hbond substituents is 1. The Labute approximate surface area is 267 Å². The van der Waals surface area contributed by atoms with Crippen LogP contribution in [0.25, 0.3) is 32.8 Å². The maximum atomic E-state index is 16.7. The summed E-state index contributed by atoms with van der Waals surface area (Å²) in [7, 11) is 0. The Balaban J connectivity index is 1.08. The van der Waals surface area contributed by atoms with Crippen molar-refractivity contribution >= 4 is 27.5 Å². The van der Waals surface area contributed by atoms with Crippen LogP contribution in [0.15, 0.2) is 36.4 Å². The number of piperazine rings is 1. The van der Waals surface area contributed by atoms with Gasteiger partial charge in [-0.15, -0.1) is 0 Å². The van der Waals surface area contributed by atoms with Crippen LogP contribution in [0.3, 0.4) is 0 Å². The fourth-order valence-corrected chi connectivity index (χ4v) is 8.53. The molecule has 0 radical (unpaired) electrons. The minimum atomic E-state index is -2.57. The fraction of sp³-hybridized carbons (Fsp3) is 0.486. The third-order valence-electron chi connectivity index (χ3n) is 11.2. The summed E-state index contributed by atoms with van der Waals surface area (Å²) in [6, 6.07) is 8.58. The van der Waals surface area contributed by atoms with E-state index >= 15 is 8.78 Å². The quantitative estimate of drug-likeness (QED) is 0.229. The average molecular weight is 652 g/mol. The number of hydrogen-bond acceptors (Lipinski definition) is 7. The second-order valence-corrected chi connectivity index (χ2v) is 14.5. The van der Waals surface area contributed by atoms with E-state index in [2.05, 4.69) is 20.1 Å². The molecule has 4 heterocycles. The van der Waals surface area contributed by atoms with Crippen molar-refractivity contribution in [3.05, 3.63) is 53.8 Å². The van der Waals surface area contributed by atoms with E-state index < -0.39 is 29.3 Å². The van der Waals surface area contributed by atoms with Crippen LogP contribution < -0.4 is 15.0 Å². The highest BCUT2D eigenvalue weighted by Gasteiger charge is 2.60. The smallest absolute Gasteiger partial charge is 0.319 e. The van der Waals surface area contributed by atoms with Crippen molar-refractivity contribution in [3.63, 3.8) is 0 Å². The molecule has 4 atom stereocenters. The first-order valence-corrected chi connectivity index (χ1v) is 16.4. The van der Waals surface area contributed by atoms with Gasteiger partial charge >= 0.3 is 6.01 Å². The van der Waals surface area contributed by atoms with Gasteiger partial charge < -0.3 is 25.0 Å². The van der Waals surface area contributed by atoms with Crippen LogP contribution in [0.1, 0.15) is 32.1 Å². The standard InChI is InChI=1S/C35H34F5N5O2/c36-27-6-1-18-9-22(46)10-25(28(18)30(27)38)23-4-5-24-31(29(23)37)42-33(43-32(24)45-13-20-2-3-21(14-45)41-20)47-17-34(7-8-34)16-44-12-19-11-35(39,40)26(19)15-44/h1,4-6,9-10,19-21,26,41,46H,2-3,7-8,11-17H2. The van der Waals surface area contributed by atoms with Crippen molar-refractivity contribution in [2.24, 2.45) is 17.3 Å². The average Bonchev–Trinajstić information content (AvgIpc) is 3.60. The molecule has 246 valence electrons. The van der Waals surface area contributed by atoms with Crippen molar-refractivity contribution in [1.29, 1.82) is 0 Å². The van der Waals surface area contributed by atoms with E-state index in [4.69, 9.17) is 9.72 Å². The molecule has 0 spiro atoms. The van der Waals surface area contributed by atoms with Gasteiger partial charge in [0.05, 0.1) is 6.61 Å². The maximum absolute atomic E-state index is 16.7. The van der Waals surface area contributed by atoms with Crippen molar-refractivity contribution in [2.75, 3.05) is 44.2 Å². The lowest BCUT2D eigenvalue weighted by atomic mass is 9.72. The molecule has 47 heavy (non-hydrogen) atoms. The SMILES string of the molecule is Oc1cc(-c2ccc3c(N4CC5CCC(C4)N5)nc(OCC4(CN5CC6CC(F)(F)C6C5)CC4)nc3c2F)c2c(F)c(F)ccc2c1. The highest BCUT2D eigenvalue weighted by Crippen LogP contribution is 2.54. The Morgan fingerprint density at radius 3 is 2.43 bits per heavy atom. The number of halogens is 5. The lowest BCUT2D eigenvalue weighted by Gasteiger charge is -2.38. The minimum Gasteiger partial charge on any atom is -0.508 e. The highest BCUT2D eigenvalue weighted by molar-refractivity contribution is 6.01. The number of alkyl halides is 2. The van der Waals surface area contributed by atoms with Crippen molar-refractivity contribution < 1.29 is 31.8 Å².